The van der Waals surface area contributed by atoms with Gasteiger partial charge in [0.15, 0.2) is 0 Å². The Balaban J connectivity index is 2.02. The van der Waals surface area contributed by atoms with E-state index >= 15 is 0 Å². The Labute approximate surface area is 152 Å². The first-order chi connectivity index (χ1) is 11.5. The maximum Gasteiger partial charge on any atom is 0.271 e. The van der Waals surface area contributed by atoms with E-state index < -0.39 is 4.92 Å². The van der Waals surface area contributed by atoms with Crippen LogP contribution < -0.4 is 0 Å². The fourth-order valence-electron chi connectivity index (χ4n) is 2.68. The minimum Gasteiger partial charge on any atom is -0.258 e. The topological polar surface area (TPSA) is 79.3 Å². The van der Waals surface area contributed by atoms with Crippen LogP contribution in [-0.4, -0.2) is 11.1 Å². The standard InChI is InChI=1S/C16H11Cl2N3O2S/c17-13-6-10(21(22)23)5-9(15(13)18)8-20-16-12(7-19)11-3-1-2-4-14(11)24-16/h5-6,8H,1-4H2. The molecule has 1 aromatic carbocycles. The van der Waals surface area contributed by atoms with Crippen molar-refractivity contribution in [3.63, 3.8) is 0 Å². The number of nitrogens with zero attached hydrogens (tertiary/aromatic N) is 3. The van der Waals surface area contributed by atoms with Crippen LogP contribution in [0.5, 0.6) is 0 Å². The predicted octanol–water partition coefficient (Wildman–Crippen LogP) is 5.46. The molecule has 0 saturated carbocycles. The molecule has 1 aliphatic rings. The van der Waals surface area contributed by atoms with Crippen LogP contribution in [0.4, 0.5) is 10.7 Å². The molecule has 1 aliphatic carbocycles. The van der Waals surface area contributed by atoms with Crippen LogP contribution in [0.25, 0.3) is 0 Å². The minimum atomic E-state index is -0.538. The number of thiophene rings is 1. The highest BCUT2D eigenvalue weighted by Gasteiger charge is 2.20. The summed E-state index contributed by atoms with van der Waals surface area (Å²) in [6, 6.07) is 4.74. The molecule has 24 heavy (non-hydrogen) atoms. The van der Waals surface area contributed by atoms with E-state index in [0.29, 0.717) is 16.1 Å². The first-order valence-electron chi connectivity index (χ1n) is 7.23. The number of rotatable bonds is 3. The van der Waals surface area contributed by atoms with E-state index in [2.05, 4.69) is 11.1 Å². The zero-order valence-corrected chi connectivity index (χ0v) is 14.7. The maximum absolute atomic E-state index is 10.9. The van der Waals surface area contributed by atoms with Crippen LogP contribution >= 0.6 is 34.5 Å². The normalized spacial score (nSPS) is 13.7. The number of aliphatic imine (C=N–C) groups is 1. The number of halogens is 2. The van der Waals surface area contributed by atoms with Crippen molar-refractivity contribution in [1.82, 2.24) is 0 Å². The lowest BCUT2D eigenvalue weighted by Crippen LogP contribution is -1.99. The number of nitro benzene ring substituents is 1. The molecule has 0 atom stereocenters. The van der Waals surface area contributed by atoms with E-state index in [1.54, 1.807) is 0 Å². The number of nitriles is 1. The molecule has 0 spiro atoms. The van der Waals surface area contributed by atoms with Gasteiger partial charge in [0, 0.05) is 28.8 Å². The van der Waals surface area contributed by atoms with Crippen LogP contribution in [-0.2, 0) is 12.8 Å². The van der Waals surface area contributed by atoms with Crippen LogP contribution in [0.1, 0.15) is 34.4 Å². The number of nitro groups is 1. The molecule has 0 bridgehead atoms. The average molecular weight is 380 g/mol. The quantitative estimate of drug-likeness (QED) is 0.403. The predicted molar refractivity (Wildman–Crippen MR) is 96.0 cm³/mol. The van der Waals surface area contributed by atoms with Gasteiger partial charge in [-0.1, -0.05) is 23.2 Å². The van der Waals surface area contributed by atoms with Crippen molar-refractivity contribution in [2.45, 2.75) is 25.7 Å². The summed E-state index contributed by atoms with van der Waals surface area (Å²) in [5, 5.41) is 21.3. The van der Waals surface area contributed by atoms with Crippen molar-refractivity contribution < 1.29 is 4.92 Å². The molecular formula is C16H11Cl2N3O2S. The van der Waals surface area contributed by atoms with Crippen molar-refractivity contribution in [3.05, 3.63) is 53.9 Å². The van der Waals surface area contributed by atoms with Crippen LogP contribution in [0, 0.1) is 21.4 Å². The second kappa shape index (κ2) is 6.89. The van der Waals surface area contributed by atoms with E-state index in [4.69, 9.17) is 23.2 Å². The average Bonchev–Trinajstić information content (AvgIpc) is 2.93. The van der Waals surface area contributed by atoms with Gasteiger partial charge in [-0.25, -0.2) is 4.99 Å². The summed E-state index contributed by atoms with van der Waals surface area (Å²) in [5.41, 5.74) is 1.88. The Morgan fingerprint density at radius 1 is 1.33 bits per heavy atom. The molecule has 1 heterocycles. The van der Waals surface area contributed by atoms with Gasteiger partial charge in [-0.05, 0) is 31.2 Å². The Morgan fingerprint density at radius 3 is 2.79 bits per heavy atom. The molecule has 0 amide bonds. The molecule has 3 rings (SSSR count). The summed E-state index contributed by atoms with van der Waals surface area (Å²) < 4.78 is 0. The molecule has 0 saturated heterocycles. The molecule has 1 aromatic heterocycles. The van der Waals surface area contributed by atoms with E-state index in [0.717, 1.165) is 31.2 Å². The number of benzene rings is 1. The number of fused-ring (bicyclic) bond motifs is 1. The van der Waals surface area contributed by atoms with Gasteiger partial charge < -0.3 is 0 Å². The second-order valence-electron chi connectivity index (χ2n) is 5.35. The van der Waals surface area contributed by atoms with E-state index in [-0.39, 0.29) is 15.7 Å². The van der Waals surface area contributed by atoms with Gasteiger partial charge in [0.25, 0.3) is 5.69 Å². The molecule has 0 fully saturated rings. The third-order valence-electron chi connectivity index (χ3n) is 3.84. The van der Waals surface area contributed by atoms with Crippen molar-refractivity contribution in [2.24, 2.45) is 4.99 Å². The van der Waals surface area contributed by atoms with Gasteiger partial charge in [-0.3, -0.25) is 10.1 Å². The molecule has 122 valence electrons. The summed E-state index contributed by atoms with van der Waals surface area (Å²) in [6.45, 7) is 0. The van der Waals surface area contributed by atoms with Gasteiger partial charge in [-0.15, -0.1) is 11.3 Å². The number of hydrogen-bond donors (Lipinski definition) is 0. The minimum absolute atomic E-state index is 0.0956. The first kappa shape index (κ1) is 16.9. The largest absolute Gasteiger partial charge is 0.271 e. The summed E-state index contributed by atoms with van der Waals surface area (Å²) in [4.78, 5) is 16.0. The Bertz CT molecular complexity index is 900. The van der Waals surface area contributed by atoms with Gasteiger partial charge in [-0.2, -0.15) is 5.26 Å². The van der Waals surface area contributed by atoms with Crippen molar-refractivity contribution in [3.8, 4) is 6.07 Å². The first-order valence-corrected chi connectivity index (χ1v) is 8.80. The van der Waals surface area contributed by atoms with E-state index in [9.17, 15) is 15.4 Å². The maximum atomic E-state index is 10.9. The molecule has 2 aromatic rings. The Kier molecular flexibility index (Phi) is 4.86. The third-order valence-corrected chi connectivity index (χ3v) is 5.85. The molecule has 0 radical (unpaired) electrons. The highest BCUT2D eigenvalue weighted by molar-refractivity contribution is 7.16. The van der Waals surface area contributed by atoms with Crippen LogP contribution in [0.3, 0.4) is 0 Å². The van der Waals surface area contributed by atoms with E-state index in [1.807, 2.05) is 0 Å². The molecule has 0 unspecified atom stereocenters. The lowest BCUT2D eigenvalue weighted by atomic mass is 9.96. The fraction of sp³-hybridized carbons (Fsp3) is 0.250. The zero-order chi connectivity index (χ0) is 17.3. The van der Waals surface area contributed by atoms with Gasteiger partial charge in [0.2, 0.25) is 0 Å². The number of hydrogen-bond acceptors (Lipinski definition) is 5. The van der Waals surface area contributed by atoms with Gasteiger partial charge in [0.1, 0.15) is 11.1 Å². The summed E-state index contributed by atoms with van der Waals surface area (Å²) in [6.07, 6.45) is 5.49. The van der Waals surface area contributed by atoms with Crippen LogP contribution in [0.2, 0.25) is 10.0 Å². The lowest BCUT2D eigenvalue weighted by molar-refractivity contribution is -0.384. The zero-order valence-electron chi connectivity index (χ0n) is 12.4. The number of aryl methyl sites for hydroxylation is 1. The fourth-order valence-corrected chi connectivity index (χ4v) is 4.24. The second-order valence-corrected chi connectivity index (χ2v) is 7.22. The monoisotopic (exact) mass is 379 g/mol. The molecule has 0 aliphatic heterocycles. The summed E-state index contributed by atoms with van der Waals surface area (Å²) >= 11 is 13.5. The lowest BCUT2D eigenvalue weighted by Gasteiger charge is -2.09. The smallest absolute Gasteiger partial charge is 0.258 e. The van der Waals surface area contributed by atoms with Crippen molar-refractivity contribution in [1.29, 1.82) is 5.26 Å². The molecule has 8 heteroatoms. The molecule has 0 N–H and O–H groups in total. The van der Waals surface area contributed by atoms with Gasteiger partial charge >= 0.3 is 0 Å². The Morgan fingerprint density at radius 2 is 2.08 bits per heavy atom. The third kappa shape index (κ3) is 3.16. The summed E-state index contributed by atoms with van der Waals surface area (Å²) in [7, 11) is 0. The number of non-ortho nitro benzene ring substituents is 1. The SMILES string of the molecule is N#Cc1c(N=Cc2cc([N+](=O)[O-])cc(Cl)c2Cl)sc2c1CCCC2. The highest BCUT2D eigenvalue weighted by Crippen LogP contribution is 2.39. The van der Waals surface area contributed by atoms with Crippen molar-refractivity contribution in [2.75, 3.05) is 0 Å². The van der Waals surface area contributed by atoms with Crippen LogP contribution in [0.15, 0.2) is 17.1 Å². The Hall–Kier alpha value is -1.94. The summed E-state index contributed by atoms with van der Waals surface area (Å²) in [5.74, 6) is 0. The highest BCUT2D eigenvalue weighted by atomic mass is 35.5. The molecule has 5 nitrogen and oxygen atoms in total. The van der Waals surface area contributed by atoms with Gasteiger partial charge in [0.05, 0.1) is 20.5 Å². The van der Waals surface area contributed by atoms with E-state index in [1.165, 1.54) is 34.6 Å². The van der Waals surface area contributed by atoms with Crippen molar-refractivity contribution >= 4 is 51.4 Å². The molecular weight excluding hydrogens is 369 g/mol.